The molecule has 0 unspecified atom stereocenters. The van der Waals surface area contributed by atoms with E-state index in [0.717, 1.165) is 16.5 Å². The minimum atomic E-state index is -0.468. The summed E-state index contributed by atoms with van der Waals surface area (Å²) in [5, 5.41) is 2.00. The van der Waals surface area contributed by atoms with Gasteiger partial charge in [0.2, 0.25) is 0 Å². The molecule has 1 aromatic heterocycles. The third-order valence-corrected chi connectivity index (χ3v) is 5.35. The maximum absolute atomic E-state index is 12.8. The van der Waals surface area contributed by atoms with Crippen molar-refractivity contribution in [2.45, 2.75) is 13.0 Å². The number of hydrogen-bond acceptors (Lipinski definition) is 3. The highest BCUT2D eigenvalue weighted by Gasteiger charge is 2.25. The van der Waals surface area contributed by atoms with Crippen LogP contribution in [-0.4, -0.2) is 17.6 Å². The van der Waals surface area contributed by atoms with Crippen LogP contribution in [0.15, 0.2) is 72.8 Å². The maximum Gasteiger partial charge on any atom is 0.358 e. The Morgan fingerprint density at radius 3 is 2.33 bits per heavy atom. The van der Waals surface area contributed by atoms with Crippen LogP contribution in [-0.2, 0) is 17.7 Å². The highest BCUT2D eigenvalue weighted by atomic mass is 35.5. The molecule has 3 aromatic carbocycles. The molecule has 0 amide bonds. The van der Waals surface area contributed by atoms with Gasteiger partial charge >= 0.3 is 5.97 Å². The van der Waals surface area contributed by atoms with Crippen molar-refractivity contribution in [1.82, 2.24) is 4.57 Å². The lowest BCUT2D eigenvalue weighted by Crippen LogP contribution is -2.13. The van der Waals surface area contributed by atoms with Crippen molar-refractivity contribution >= 4 is 40.1 Å². The molecule has 152 valence electrons. The molecule has 0 aliphatic heterocycles. The molecule has 4 rings (SSSR count). The zero-order chi connectivity index (χ0) is 21.1. The number of aromatic nitrogens is 1. The highest BCUT2D eigenvalue weighted by Crippen LogP contribution is 2.38. The molecule has 0 saturated carbocycles. The Bertz CT molecular complexity index is 1180. The Kier molecular flexibility index (Phi) is 5.98. The van der Waals surface area contributed by atoms with Gasteiger partial charge in [-0.1, -0.05) is 53.5 Å². The van der Waals surface area contributed by atoms with Gasteiger partial charge in [-0.25, -0.2) is 4.79 Å². The van der Waals surface area contributed by atoms with Crippen LogP contribution < -0.4 is 4.74 Å². The third kappa shape index (κ3) is 4.16. The minimum Gasteiger partial charge on any atom is -0.464 e. The van der Waals surface area contributed by atoms with E-state index in [1.807, 2.05) is 65.2 Å². The predicted molar refractivity (Wildman–Crippen MR) is 120 cm³/mol. The molecule has 0 radical (unpaired) electrons. The van der Waals surface area contributed by atoms with Gasteiger partial charge < -0.3 is 14.0 Å². The van der Waals surface area contributed by atoms with E-state index in [2.05, 4.69) is 0 Å². The molecule has 1 heterocycles. The first-order chi connectivity index (χ1) is 14.6. The van der Waals surface area contributed by atoms with Crippen LogP contribution >= 0.6 is 23.2 Å². The van der Waals surface area contributed by atoms with E-state index >= 15 is 0 Å². The van der Waals surface area contributed by atoms with Crippen LogP contribution in [0.25, 0.3) is 10.9 Å². The molecular weight excluding hydrogens is 421 g/mol. The fourth-order valence-electron chi connectivity index (χ4n) is 3.43. The van der Waals surface area contributed by atoms with Gasteiger partial charge in [-0.15, -0.1) is 0 Å². The van der Waals surface area contributed by atoms with Crippen LogP contribution in [0, 0.1) is 0 Å². The summed E-state index contributed by atoms with van der Waals surface area (Å²) < 4.78 is 13.2. The monoisotopic (exact) mass is 439 g/mol. The van der Waals surface area contributed by atoms with Crippen LogP contribution in [0.2, 0.25) is 10.0 Å². The lowest BCUT2D eigenvalue weighted by Gasteiger charge is -2.11. The molecule has 0 N–H and O–H groups in total. The molecule has 0 atom stereocenters. The molecule has 0 fully saturated rings. The second-order valence-corrected chi connectivity index (χ2v) is 7.65. The quantitative estimate of drug-likeness (QED) is 0.311. The summed E-state index contributed by atoms with van der Waals surface area (Å²) in [6.07, 6.45) is 0.707. The molecule has 4 nitrogen and oxygen atoms in total. The molecule has 6 heteroatoms. The number of rotatable bonds is 6. The lowest BCUT2D eigenvalue weighted by molar-refractivity contribution is 0.0586. The largest absolute Gasteiger partial charge is 0.464 e. The van der Waals surface area contributed by atoms with Gasteiger partial charge in [0.15, 0.2) is 11.4 Å². The van der Waals surface area contributed by atoms with Crippen molar-refractivity contribution in [3.63, 3.8) is 0 Å². The minimum absolute atomic E-state index is 0.354. The van der Waals surface area contributed by atoms with Gasteiger partial charge in [0.25, 0.3) is 0 Å². The number of nitrogens with zero attached hydrogens (tertiary/aromatic N) is 1. The van der Waals surface area contributed by atoms with E-state index in [1.165, 1.54) is 7.11 Å². The number of methoxy groups -OCH3 is 1. The van der Waals surface area contributed by atoms with E-state index in [1.54, 1.807) is 12.1 Å². The molecule has 0 aliphatic carbocycles. The number of benzene rings is 3. The van der Waals surface area contributed by atoms with Crippen molar-refractivity contribution in [1.29, 1.82) is 0 Å². The van der Waals surface area contributed by atoms with E-state index in [9.17, 15) is 4.79 Å². The number of aryl methyl sites for hydroxylation is 2. The molecule has 0 saturated heterocycles. The first-order valence-corrected chi connectivity index (χ1v) is 10.2. The SMILES string of the molecule is COC(=O)c1c(Oc2ccccc2)c2cc(Cl)ccc2n1CCc1ccc(Cl)cc1. The smallest absolute Gasteiger partial charge is 0.358 e. The summed E-state index contributed by atoms with van der Waals surface area (Å²) in [6, 6.07) is 22.5. The van der Waals surface area contributed by atoms with Crippen LogP contribution in [0.3, 0.4) is 0 Å². The molecule has 0 aliphatic rings. The average Bonchev–Trinajstić information content (AvgIpc) is 3.06. The topological polar surface area (TPSA) is 40.5 Å². The zero-order valence-corrected chi connectivity index (χ0v) is 17.8. The second kappa shape index (κ2) is 8.82. The van der Waals surface area contributed by atoms with Gasteiger partial charge in [-0.05, 0) is 54.4 Å². The fraction of sp³-hybridized carbons (Fsp3) is 0.125. The van der Waals surface area contributed by atoms with Crippen molar-refractivity contribution in [3.05, 3.63) is 94.1 Å². The van der Waals surface area contributed by atoms with Crippen LogP contribution in [0.1, 0.15) is 16.1 Å². The first-order valence-electron chi connectivity index (χ1n) is 9.44. The summed E-state index contributed by atoms with van der Waals surface area (Å²) in [5.74, 6) is 0.588. The fourth-order valence-corrected chi connectivity index (χ4v) is 3.73. The van der Waals surface area contributed by atoms with Crippen molar-refractivity contribution < 1.29 is 14.3 Å². The van der Waals surface area contributed by atoms with Crippen molar-refractivity contribution in [2.24, 2.45) is 0 Å². The summed E-state index contributed by atoms with van der Waals surface area (Å²) in [6.45, 7) is 0.558. The van der Waals surface area contributed by atoms with Gasteiger partial charge in [-0.2, -0.15) is 0 Å². The van der Waals surface area contributed by atoms with Crippen LogP contribution in [0.5, 0.6) is 11.5 Å². The van der Waals surface area contributed by atoms with E-state index in [-0.39, 0.29) is 0 Å². The highest BCUT2D eigenvalue weighted by molar-refractivity contribution is 6.31. The van der Waals surface area contributed by atoms with E-state index in [4.69, 9.17) is 32.7 Å². The number of halogens is 2. The lowest BCUT2D eigenvalue weighted by atomic mass is 10.1. The first kappa shape index (κ1) is 20.3. The zero-order valence-electron chi connectivity index (χ0n) is 16.3. The second-order valence-electron chi connectivity index (χ2n) is 6.77. The number of para-hydroxylation sites is 1. The van der Waals surface area contributed by atoms with Gasteiger partial charge in [0.1, 0.15) is 5.75 Å². The Morgan fingerprint density at radius 1 is 0.933 bits per heavy atom. The number of esters is 1. The Morgan fingerprint density at radius 2 is 1.63 bits per heavy atom. The Hall–Kier alpha value is -2.95. The Labute approximate surface area is 184 Å². The number of hydrogen-bond donors (Lipinski definition) is 0. The van der Waals surface area contributed by atoms with E-state index < -0.39 is 5.97 Å². The normalized spacial score (nSPS) is 10.9. The summed E-state index contributed by atoms with van der Waals surface area (Å²) in [7, 11) is 1.36. The number of carbonyl (C=O) groups is 1. The van der Waals surface area contributed by atoms with Gasteiger partial charge in [0, 0.05) is 22.0 Å². The van der Waals surface area contributed by atoms with Gasteiger partial charge in [-0.3, -0.25) is 0 Å². The molecule has 4 aromatic rings. The van der Waals surface area contributed by atoms with Crippen molar-refractivity contribution in [3.8, 4) is 11.5 Å². The number of carbonyl (C=O) groups excluding carboxylic acids is 1. The third-order valence-electron chi connectivity index (χ3n) is 4.86. The Balaban J connectivity index is 1.83. The summed E-state index contributed by atoms with van der Waals surface area (Å²) in [5.41, 5.74) is 2.31. The van der Waals surface area contributed by atoms with E-state index in [0.29, 0.717) is 40.2 Å². The maximum atomic E-state index is 12.8. The molecule has 0 spiro atoms. The molecule has 0 bridgehead atoms. The standard InChI is InChI=1S/C24H19Cl2NO3/c1-29-24(28)22-23(30-19-5-3-2-4-6-19)20-15-18(26)11-12-21(20)27(22)14-13-16-7-9-17(25)10-8-16/h2-12,15H,13-14H2,1H3. The molecule has 30 heavy (non-hydrogen) atoms. The summed E-state index contributed by atoms with van der Waals surface area (Å²) in [4.78, 5) is 12.8. The number of ether oxygens (including phenoxy) is 2. The predicted octanol–water partition coefficient (Wildman–Crippen LogP) is 6.77. The van der Waals surface area contributed by atoms with Gasteiger partial charge in [0.05, 0.1) is 12.6 Å². The average molecular weight is 440 g/mol. The van der Waals surface area contributed by atoms with Crippen LogP contribution in [0.4, 0.5) is 0 Å². The number of fused-ring (bicyclic) bond motifs is 1. The summed E-state index contributed by atoms with van der Waals surface area (Å²) >= 11 is 12.3. The molecular formula is C24H19Cl2NO3. The van der Waals surface area contributed by atoms with Crippen molar-refractivity contribution in [2.75, 3.05) is 7.11 Å².